The van der Waals surface area contributed by atoms with Crippen LogP contribution in [-0.2, 0) is 16.0 Å². The van der Waals surface area contributed by atoms with Crippen LogP contribution in [0.4, 0.5) is 0 Å². The zero-order valence-corrected chi connectivity index (χ0v) is 16.1. The van der Waals surface area contributed by atoms with E-state index >= 15 is 0 Å². The van der Waals surface area contributed by atoms with Crippen molar-refractivity contribution in [2.75, 3.05) is 46.4 Å². The first-order chi connectivity index (χ1) is 12.8. The van der Waals surface area contributed by atoms with Gasteiger partial charge in [-0.15, -0.1) is 0 Å². The number of hydrogen-bond donors (Lipinski definition) is 0. The molecule has 5 heteroatoms. The second kappa shape index (κ2) is 10.0. The van der Waals surface area contributed by atoms with Gasteiger partial charge in [-0.05, 0) is 37.7 Å². The van der Waals surface area contributed by atoms with Crippen LogP contribution in [0, 0.1) is 0 Å². The summed E-state index contributed by atoms with van der Waals surface area (Å²) < 4.78 is 5.15. The van der Waals surface area contributed by atoms with Gasteiger partial charge in [0.25, 0.3) is 5.91 Å². The van der Waals surface area contributed by atoms with Crippen LogP contribution in [-0.4, -0.2) is 73.3 Å². The summed E-state index contributed by atoms with van der Waals surface area (Å²) in [6.07, 6.45) is 6.87. The van der Waals surface area contributed by atoms with Gasteiger partial charge in [-0.25, -0.2) is 5.01 Å². The van der Waals surface area contributed by atoms with Crippen molar-refractivity contribution in [3.8, 4) is 0 Å². The smallest absolute Gasteiger partial charge is 0.263 e. The van der Waals surface area contributed by atoms with Crippen LogP contribution in [0.3, 0.4) is 0 Å². The van der Waals surface area contributed by atoms with Crippen molar-refractivity contribution in [3.05, 3.63) is 35.9 Å². The van der Waals surface area contributed by atoms with Gasteiger partial charge in [-0.2, -0.15) is 0 Å². The number of nitrogens with zero attached hydrogens (tertiary/aromatic N) is 3. The van der Waals surface area contributed by atoms with E-state index in [0.717, 1.165) is 52.0 Å². The Morgan fingerprint density at radius 1 is 1.08 bits per heavy atom. The summed E-state index contributed by atoms with van der Waals surface area (Å²) in [6, 6.07) is 11.0. The SMILES string of the molecule is COCC(=O)N(C1CCN(CCc2ccccc2)CC1)N1CCCCC1. The van der Waals surface area contributed by atoms with Gasteiger partial charge in [-0.1, -0.05) is 36.8 Å². The molecule has 0 N–H and O–H groups in total. The Morgan fingerprint density at radius 3 is 2.42 bits per heavy atom. The van der Waals surface area contributed by atoms with Crippen molar-refractivity contribution in [3.63, 3.8) is 0 Å². The van der Waals surface area contributed by atoms with E-state index < -0.39 is 0 Å². The molecular formula is C21H33N3O2. The summed E-state index contributed by atoms with van der Waals surface area (Å²) in [5.74, 6) is 0.122. The van der Waals surface area contributed by atoms with Crippen LogP contribution in [0.5, 0.6) is 0 Å². The predicted octanol–water partition coefficient (Wildman–Crippen LogP) is 2.57. The van der Waals surface area contributed by atoms with E-state index in [1.807, 2.05) is 0 Å². The first kappa shape index (κ1) is 19.3. The summed E-state index contributed by atoms with van der Waals surface area (Å²) in [5.41, 5.74) is 1.40. The lowest BCUT2D eigenvalue weighted by atomic mass is 10.0. The van der Waals surface area contributed by atoms with Gasteiger partial charge in [0.2, 0.25) is 0 Å². The maximum atomic E-state index is 12.7. The molecule has 1 aromatic rings. The summed E-state index contributed by atoms with van der Waals surface area (Å²) in [7, 11) is 1.61. The molecule has 0 saturated carbocycles. The topological polar surface area (TPSA) is 36.0 Å². The lowest BCUT2D eigenvalue weighted by Gasteiger charge is -2.45. The molecule has 1 aromatic carbocycles. The highest BCUT2D eigenvalue weighted by molar-refractivity contribution is 5.77. The van der Waals surface area contributed by atoms with E-state index in [1.165, 1.54) is 24.8 Å². The van der Waals surface area contributed by atoms with Gasteiger partial charge in [0.1, 0.15) is 6.61 Å². The third kappa shape index (κ3) is 5.29. The largest absolute Gasteiger partial charge is 0.375 e. The van der Waals surface area contributed by atoms with Gasteiger partial charge in [0.15, 0.2) is 0 Å². The zero-order valence-electron chi connectivity index (χ0n) is 16.1. The second-order valence-corrected chi connectivity index (χ2v) is 7.49. The number of carbonyl (C=O) groups excluding carboxylic acids is 1. The van der Waals surface area contributed by atoms with Crippen LogP contribution in [0.1, 0.15) is 37.7 Å². The molecule has 144 valence electrons. The molecule has 0 aromatic heterocycles. The molecule has 2 fully saturated rings. The van der Waals surface area contributed by atoms with Crippen molar-refractivity contribution >= 4 is 5.91 Å². The van der Waals surface area contributed by atoms with Crippen molar-refractivity contribution < 1.29 is 9.53 Å². The minimum atomic E-state index is 0.122. The van der Waals surface area contributed by atoms with Crippen LogP contribution < -0.4 is 0 Å². The third-order valence-electron chi connectivity index (χ3n) is 5.62. The molecule has 5 nitrogen and oxygen atoms in total. The minimum absolute atomic E-state index is 0.122. The third-order valence-corrected chi connectivity index (χ3v) is 5.62. The normalized spacial score (nSPS) is 20.2. The number of hydrogen-bond acceptors (Lipinski definition) is 4. The summed E-state index contributed by atoms with van der Waals surface area (Å²) >= 11 is 0. The lowest BCUT2D eigenvalue weighted by molar-refractivity contribution is -0.164. The predicted molar refractivity (Wildman–Crippen MR) is 104 cm³/mol. The molecule has 2 aliphatic heterocycles. The number of piperidine rings is 2. The fourth-order valence-corrected chi connectivity index (χ4v) is 4.19. The molecule has 0 unspecified atom stereocenters. The van der Waals surface area contributed by atoms with Crippen LogP contribution >= 0.6 is 0 Å². The number of methoxy groups -OCH3 is 1. The second-order valence-electron chi connectivity index (χ2n) is 7.49. The van der Waals surface area contributed by atoms with Crippen molar-refractivity contribution in [1.29, 1.82) is 0 Å². The maximum Gasteiger partial charge on any atom is 0.263 e. The van der Waals surface area contributed by atoms with Crippen molar-refractivity contribution in [1.82, 2.24) is 14.9 Å². The Kier molecular flexibility index (Phi) is 7.47. The fourth-order valence-electron chi connectivity index (χ4n) is 4.19. The monoisotopic (exact) mass is 359 g/mol. The number of rotatable bonds is 7. The number of benzene rings is 1. The first-order valence-electron chi connectivity index (χ1n) is 10.1. The van der Waals surface area contributed by atoms with E-state index in [2.05, 4.69) is 45.2 Å². The first-order valence-corrected chi connectivity index (χ1v) is 10.1. The maximum absolute atomic E-state index is 12.7. The van der Waals surface area contributed by atoms with Crippen LogP contribution in [0.2, 0.25) is 0 Å². The van der Waals surface area contributed by atoms with Crippen molar-refractivity contribution in [2.45, 2.75) is 44.6 Å². The molecule has 0 aliphatic carbocycles. The highest BCUT2D eigenvalue weighted by Crippen LogP contribution is 2.22. The van der Waals surface area contributed by atoms with E-state index in [4.69, 9.17) is 4.74 Å². The summed E-state index contributed by atoms with van der Waals surface area (Å²) in [6.45, 7) is 5.44. The molecule has 2 heterocycles. The fraction of sp³-hybridized carbons (Fsp3) is 0.667. The van der Waals surface area contributed by atoms with Crippen LogP contribution in [0.15, 0.2) is 30.3 Å². The average Bonchev–Trinajstić information content (AvgIpc) is 2.69. The number of ether oxygens (including phenoxy) is 1. The average molecular weight is 360 g/mol. The van der Waals surface area contributed by atoms with E-state index in [-0.39, 0.29) is 12.5 Å². The zero-order chi connectivity index (χ0) is 18.2. The van der Waals surface area contributed by atoms with Gasteiger partial charge >= 0.3 is 0 Å². The van der Waals surface area contributed by atoms with Crippen LogP contribution in [0.25, 0.3) is 0 Å². The summed E-state index contributed by atoms with van der Waals surface area (Å²) in [5, 5.41) is 4.34. The molecule has 3 rings (SSSR count). The molecule has 26 heavy (non-hydrogen) atoms. The van der Waals surface area contributed by atoms with E-state index in [0.29, 0.717) is 6.04 Å². The Morgan fingerprint density at radius 2 is 1.77 bits per heavy atom. The van der Waals surface area contributed by atoms with E-state index in [1.54, 1.807) is 7.11 Å². The number of amides is 1. The number of likely N-dealkylation sites (tertiary alicyclic amines) is 1. The highest BCUT2D eigenvalue weighted by Gasteiger charge is 2.32. The summed E-state index contributed by atoms with van der Waals surface area (Å²) in [4.78, 5) is 15.2. The van der Waals surface area contributed by atoms with Gasteiger partial charge in [0, 0.05) is 39.8 Å². The molecule has 0 bridgehead atoms. The minimum Gasteiger partial charge on any atom is -0.375 e. The van der Waals surface area contributed by atoms with Crippen molar-refractivity contribution in [2.24, 2.45) is 0 Å². The van der Waals surface area contributed by atoms with Gasteiger partial charge in [-0.3, -0.25) is 9.80 Å². The number of hydrazine groups is 1. The van der Waals surface area contributed by atoms with Gasteiger partial charge in [0.05, 0.1) is 6.04 Å². The standard InChI is InChI=1S/C21H33N3O2/c1-26-18-21(25)24(23-13-6-3-7-14-23)20-11-16-22(17-12-20)15-10-19-8-4-2-5-9-19/h2,4-5,8-9,20H,3,6-7,10-18H2,1H3. The Bertz CT molecular complexity index is 537. The molecule has 0 atom stereocenters. The lowest BCUT2D eigenvalue weighted by Crippen LogP contribution is -2.57. The Hall–Kier alpha value is -1.43. The molecule has 0 radical (unpaired) electrons. The van der Waals surface area contributed by atoms with Gasteiger partial charge < -0.3 is 9.64 Å². The molecule has 1 amide bonds. The molecular weight excluding hydrogens is 326 g/mol. The number of carbonyl (C=O) groups is 1. The van der Waals surface area contributed by atoms with E-state index in [9.17, 15) is 4.79 Å². The molecule has 2 aliphatic rings. The highest BCUT2D eigenvalue weighted by atomic mass is 16.5. The molecule has 0 spiro atoms. The Labute approximate surface area is 157 Å². The quantitative estimate of drug-likeness (QED) is 0.750. The Balaban J connectivity index is 1.52. The molecule has 2 saturated heterocycles.